The quantitative estimate of drug-likeness (QED) is 0.440. The van der Waals surface area contributed by atoms with Gasteiger partial charge in [0.2, 0.25) is 0 Å². The number of hydrogen-bond acceptors (Lipinski definition) is 2. The Morgan fingerprint density at radius 1 is 0.897 bits per heavy atom. The lowest BCUT2D eigenvalue weighted by molar-refractivity contribution is -0.932. The predicted molar refractivity (Wildman–Crippen MR) is 122 cm³/mol. The first-order valence-electron chi connectivity index (χ1n) is 11.2. The fourth-order valence-electron chi connectivity index (χ4n) is 4.29. The van der Waals surface area contributed by atoms with Crippen LogP contribution >= 0.6 is 0 Å². The van der Waals surface area contributed by atoms with Gasteiger partial charge >= 0.3 is 0 Å². The lowest BCUT2D eigenvalue weighted by Gasteiger charge is -2.37. The van der Waals surface area contributed by atoms with Crippen molar-refractivity contribution in [1.82, 2.24) is 0 Å². The fourth-order valence-corrected chi connectivity index (χ4v) is 4.29. The zero-order chi connectivity index (χ0) is 20.4. The second-order valence-corrected chi connectivity index (χ2v) is 8.41. The maximum Gasteiger partial charge on any atom is 0.279 e. The number of amides is 1. The largest absolute Gasteiger partial charge is 0.385 e. The average Bonchev–Trinajstić information content (AvgIpc) is 2.95. The zero-order valence-electron chi connectivity index (χ0n) is 17.8. The van der Waals surface area contributed by atoms with Crippen LogP contribution in [-0.2, 0) is 11.3 Å². The first-order chi connectivity index (χ1) is 14.2. The van der Waals surface area contributed by atoms with E-state index in [9.17, 15) is 4.79 Å². The van der Waals surface area contributed by atoms with Gasteiger partial charge in [-0.15, -0.1) is 0 Å². The molecule has 1 aliphatic rings. The van der Waals surface area contributed by atoms with Crippen molar-refractivity contribution in [2.75, 3.05) is 36.8 Å². The van der Waals surface area contributed by atoms with Gasteiger partial charge in [-0.25, -0.2) is 0 Å². The molecule has 29 heavy (non-hydrogen) atoms. The predicted octanol–water partition coefficient (Wildman–Crippen LogP) is 5.43. The second-order valence-electron chi connectivity index (χ2n) is 8.41. The van der Waals surface area contributed by atoms with Crippen molar-refractivity contribution in [2.24, 2.45) is 0 Å². The Labute approximate surface area is 175 Å². The summed E-state index contributed by atoms with van der Waals surface area (Å²) >= 11 is 0. The molecular formula is C25H36N3O+. The van der Waals surface area contributed by atoms with Crippen LogP contribution < -0.4 is 10.6 Å². The molecule has 1 saturated heterocycles. The number of carbonyl (C=O) groups excluding carboxylic acids is 1. The molecule has 1 heterocycles. The van der Waals surface area contributed by atoms with Crippen LogP contribution in [0.15, 0.2) is 54.6 Å². The standard InChI is InChI=1S/C25H35N3O/c1-2-3-17-26-23-13-15-24(16-14-23)27-25(29)21-28(18-9-4-5-10-19-28)20-22-11-7-6-8-12-22/h6-8,11-16,26H,2-5,9-10,17-21H2,1H3/p+1. The number of quaternary nitrogens is 1. The smallest absolute Gasteiger partial charge is 0.279 e. The summed E-state index contributed by atoms with van der Waals surface area (Å²) in [6.07, 6.45) is 7.33. The van der Waals surface area contributed by atoms with Crippen molar-refractivity contribution in [2.45, 2.75) is 52.0 Å². The molecular weight excluding hydrogens is 358 g/mol. The van der Waals surface area contributed by atoms with Crippen LogP contribution in [0.4, 0.5) is 11.4 Å². The van der Waals surface area contributed by atoms with E-state index in [-0.39, 0.29) is 5.91 Å². The van der Waals surface area contributed by atoms with Crippen molar-refractivity contribution < 1.29 is 9.28 Å². The van der Waals surface area contributed by atoms with E-state index in [4.69, 9.17) is 0 Å². The molecule has 0 radical (unpaired) electrons. The minimum atomic E-state index is 0.120. The molecule has 0 aliphatic carbocycles. The Hall–Kier alpha value is -2.33. The third kappa shape index (κ3) is 6.90. The Bertz CT molecular complexity index is 734. The van der Waals surface area contributed by atoms with Crippen molar-refractivity contribution >= 4 is 17.3 Å². The molecule has 4 nitrogen and oxygen atoms in total. The number of nitrogens with zero attached hydrogens (tertiary/aromatic N) is 1. The number of anilines is 2. The van der Waals surface area contributed by atoms with Gasteiger partial charge in [-0.3, -0.25) is 4.79 Å². The van der Waals surface area contributed by atoms with E-state index in [1.165, 1.54) is 44.1 Å². The van der Waals surface area contributed by atoms with Crippen LogP contribution in [-0.4, -0.2) is 36.6 Å². The highest BCUT2D eigenvalue weighted by Crippen LogP contribution is 2.23. The number of benzene rings is 2. The van der Waals surface area contributed by atoms with Crippen LogP contribution in [0.5, 0.6) is 0 Å². The average molecular weight is 395 g/mol. The normalized spacial score (nSPS) is 16.0. The molecule has 1 fully saturated rings. The number of nitrogens with one attached hydrogen (secondary N) is 2. The molecule has 0 saturated carbocycles. The van der Waals surface area contributed by atoms with Crippen molar-refractivity contribution in [3.63, 3.8) is 0 Å². The minimum Gasteiger partial charge on any atom is -0.385 e. The molecule has 2 aromatic carbocycles. The van der Waals surface area contributed by atoms with Gasteiger partial charge < -0.3 is 15.1 Å². The highest BCUT2D eigenvalue weighted by molar-refractivity contribution is 5.91. The van der Waals surface area contributed by atoms with Crippen molar-refractivity contribution in [3.05, 3.63) is 60.2 Å². The summed E-state index contributed by atoms with van der Waals surface area (Å²) in [5.74, 6) is 0.120. The summed E-state index contributed by atoms with van der Waals surface area (Å²) in [7, 11) is 0. The Morgan fingerprint density at radius 2 is 1.55 bits per heavy atom. The number of hydrogen-bond donors (Lipinski definition) is 2. The fraction of sp³-hybridized carbons (Fsp3) is 0.480. The second kappa shape index (κ2) is 11.0. The first kappa shape index (κ1) is 21.4. The van der Waals surface area contributed by atoms with E-state index in [0.717, 1.165) is 42.0 Å². The molecule has 156 valence electrons. The van der Waals surface area contributed by atoms with Crippen LogP contribution in [0.2, 0.25) is 0 Å². The maximum absolute atomic E-state index is 12.9. The van der Waals surface area contributed by atoms with E-state index in [1.807, 2.05) is 24.3 Å². The molecule has 0 unspecified atom stereocenters. The highest BCUT2D eigenvalue weighted by atomic mass is 16.2. The molecule has 3 rings (SSSR count). The van der Waals surface area contributed by atoms with Crippen LogP contribution in [0.1, 0.15) is 51.0 Å². The van der Waals surface area contributed by atoms with E-state index >= 15 is 0 Å². The maximum atomic E-state index is 12.9. The third-order valence-electron chi connectivity index (χ3n) is 5.88. The van der Waals surface area contributed by atoms with Gasteiger partial charge in [0.15, 0.2) is 6.54 Å². The van der Waals surface area contributed by atoms with Crippen LogP contribution in [0, 0.1) is 0 Å². The minimum absolute atomic E-state index is 0.120. The molecule has 2 aromatic rings. The summed E-state index contributed by atoms with van der Waals surface area (Å²) < 4.78 is 0.868. The monoisotopic (exact) mass is 394 g/mol. The van der Waals surface area contributed by atoms with Gasteiger partial charge in [0.05, 0.1) is 13.1 Å². The summed E-state index contributed by atoms with van der Waals surface area (Å²) in [6.45, 7) is 6.84. The van der Waals surface area contributed by atoms with Gasteiger partial charge in [-0.05, 0) is 56.4 Å². The van der Waals surface area contributed by atoms with Crippen LogP contribution in [0.25, 0.3) is 0 Å². The number of carbonyl (C=O) groups is 1. The number of likely N-dealkylation sites (tertiary alicyclic amines) is 1. The number of rotatable bonds is 9. The lowest BCUT2D eigenvalue weighted by atomic mass is 10.1. The van der Waals surface area contributed by atoms with Crippen molar-refractivity contribution in [1.29, 1.82) is 0 Å². The lowest BCUT2D eigenvalue weighted by Crippen LogP contribution is -2.52. The van der Waals surface area contributed by atoms with E-state index in [0.29, 0.717) is 6.54 Å². The van der Waals surface area contributed by atoms with Gasteiger partial charge in [-0.1, -0.05) is 43.7 Å². The molecule has 0 spiro atoms. The molecule has 1 aliphatic heterocycles. The zero-order valence-corrected chi connectivity index (χ0v) is 17.8. The third-order valence-corrected chi connectivity index (χ3v) is 5.88. The van der Waals surface area contributed by atoms with Gasteiger partial charge in [0, 0.05) is 23.5 Å². The van der Waals surface area contributed by atoms with Crippen molar-refractivity contribution in [3.8, 4) is 0 Å². The summed E-state index contributed by atoms with van der Waals surface area (Å²) in [6, 6.07) is 18.7. The van der Waals surface area contributed by atoms with E-state index < -0.39 is 0 Å². The Morgan fingerprint density at radius 3 is 2.21 bits per heavy atom. The Balaban J connectivity index is 1.62. The molecule has 4 heteroatoms. The summed E-state index contributed by atoms with van der Waals surface area (Å²) in [5, 5.41) is 6.55. The van der Waals surface area contributed by atoms with E-state index in [1.54, 1.807) is 0 Å². The SMILES string of the molecule is CCCCNc1ccc(NC(=O)C[N+]2(Cc3ccccc3)CCCCCC2)cc1. The molecule has 1 amide bonds. The molecule has 0 aromatic heterocycles. The summed E-state index contributed by atoms with van der Waals surface area (Å²) in [4.78, 5) is 12.9. The molecule has 2 N–H and O–H groups in total. The molecule has 0 atom stereocenters. The Kier molecular flexibility index (Phi) is 8.12. The van der Waals surface area contributed by atoms with Gasteiger partial charge in [0.25, 0.3) is 5.91 Å². The van der Waals surface area contributed by atoms with Crippen LogP contribution in [0.3, 0.4) is 0 Å². The number of unbranched alkanes of at least 4 members (excludes halogenated alkanes) is 1. The molecule has 0 bridgehead atoms. The summed E-state index contributed by atoms with van der Waals surface area (Å²) in [5.41, 5.74) is 3.31. The van der Waals surface area contributed by atoms with Gasteiger partial charge in [0.1, 0.15) is 6.54 Å². The topological polar surface area (TPSA) is 41.1 Å². The van der Waals surface area contributed by atoms with Gasteiger partial charge in [-0.2, -0.15) is 0 Å². The first-order valence-corrected chi connectivity index (χ1v) is 11.2. The highest BCUT2D eigenvalue weighted by Gasteiger charge is 2.31. The van der Waals surface area contributed by atoms with E-state index in [2.05, 4.69) is 47.9 Å².